The van der Waals surface area contributed by atoms with Crippen molar-refractivity contribution in [2.75, 3.05) is 22.1 Å². The summed E-state index contributed by atoms with van der Waals surface area (Å²) in [5.74, 6) is -2.27. The first-order valence-corrected chi connectivity index (χ1v) is 12.5. The quantitative estimate of drug-likeness (QED) is 0.266. The van der Waals surface area contributed by atoms with Crippen molar-refractivity contribution in [3.05, 3.63) is 99.2 Å². The molecule has 3 aromatic rings. The van der Waals surface area contributed by atoms with Crippen LogP contribution < -0.4 is 15.5 Å². The first-order valence-electron chi connectivity index (χ1n) is 11.7. The van der Waals surface area contributed by atoms with E-state index in [4.69, 9.17) is 27.9 Å². The molecule has 8 nitrogen and oxygen atoms in total. The van der Waals surface area contributed by atoms with Crippen LogP contribution in [0.25, 0.3) is 0 Å². The van der Waals surface area contributed by atoms with Gasteiger partial charge < -0.3 is 15.4 Å². The zero-order chi connectivity index (χ0) is 27.4. The molecule has 0 aromatic heterocycles. The Morgan fingerprint density at radius 1 is 0.921 bits per heavy atom. The van der Waals surface area contributed by atoms with Gasteiger partial charge >= 0.3 is 5.97 Å². The number of hydrogen-bond donors (Lipinski definition) is 2. The lowest BCUT2D eigenvalue weighted by Gasteiger charge is -2.16. The molecule has 0 spiro atoms. The molecule has 0 unspecified atom stereocenters. The van der Waals surface area contributed by atoms with Gasteiger partial charge in [-0.2, -0.15) is 0 Å². The molecule has 0 fully saturated rings. The van der Waals surface area contributed by atoms with Crippen LogP contribution in [0.3, 0.4) is 0 Å². The van der Waals surface area contributed by atoms with E-state index in [0.717, 1.165) is 10.5 Å². The molecular weight excluding hydrogens is 529 g/mol. The average Bonchev–Trinajstić information content (AvgIpc) is 3.12. The lowest BCUT2D eigenvalue weighted by atomic mass is 10.1. The van der Waals surface area contributed by atoms with Crippen molar-refractivity contribution in [3.63, 3.8) is 0 Å². The summed E-state index contributed by atoms with van der Waals surface area (Å²) in [6.45, 7) is 4.02. The SMILES string of the molecule is CCCOC(=O)c1ccc(N2C(=O)C(Cl)=C(Nc3cccc(C(=O)Nc4cc(Cl)ccc4C)c3)C2=O)cc1. The number of halogens is 2. The van der Waals surface area contributed by atoms with E-state index in [1.165, 1.54) is 30.3 Å². The summed E-state index contributed by atoms with van der Waals surface area (Å²) in [7, 11) is 0. The Bertz CT molecular complexity index is 1470. The van der Waals surface area contributed by atoms with Crippen LogP contribution in [0.4, 0.5) is 17.1 Å². The molecule has 4 rings (SSSR count). The number of amides is 3. The molecule has 0 aliphatic carbocycles. The van der Waals surface area contributed by atoms with Crippen molar-refractivity contribution < 1.29 is 23.9 Å². The number of imide groups is 1. The van der Waals surface area contributed by atoms with E-state index in [9.17, 15) is 19.2 Å². The molecule has 0 saturated heterocycles. The van der Waals surface area contributed by atoms with Gasteiger partial charge in [-0.25, -0.2) is 9.69 Å². The van der Waals surface area contributed by atoms with Crippen LogP contribution in [0.2, 0.25) is 5.02 Å². The van der Waals surface area contributed by atoms with Gasteiger partial charge in [-0.1, -0.05) is 42.3 Å². The van der Waals surface area contributed by atoms with Crippen molar-refractivity contribution in [1.82, 2.24) is 0 Å². The first kappa shape index (κ1) is 26.9. The van der Waals surface area contributed by atoms with E-state index in [0.29, 0.717) is 40.6 Å². The third-order valence-corrected chi connectivity index (χ3v) is 6.25. The van der Waals surface area contributed by atoms with Crippen LogP contribution in [-0.2, 0) is 14.3 Å². The summed E-state index contributed by atoms with van der Waals surface area (Å²) in [5.41, 5.74) is 2.51. The Morgan fingerprint density at radius 2 is 1.66 bits per heavy atom. The maximum absolute atomic E-state index is 13.1. The second-order valence-electron chi connectivity index (χ2n) is 8.44. The van der Waals surface area contributed by atoms with Crippen LogP contribution in [0, 0.1) is 6.92 Å². The average molecular weight is 552 g/mol. The van der Waals surface area contributed by atoms with Gasteiger partial charge in [0.2, 0.25) is 0 Å². The monoisotopic (exact) mass is 551 g/mol. The topological polar surface area (TPSA) is 105 Å². The lowest BCUT2D eigenvalue weighted by Crippen LogP contribution is -2.32. The van der Waals surface area contributed by atoms with Crippen molar-refractivity contribution in [1.29, 1.82) is 0 Å². The van der Waals surface area contributed by atoms with Gasteiger partial charge in [0.1, 0.15) is 10.7 Å². The fourth-order valence-electron chi connectivity index (χ4n) is 3.68. The van der Waals surface area contributed by atoms with Crippen molar-refractivity contribution in [3.8, 4) is 0 Å². The molecule has 0 radical (unpaired) electrons. The number of esters is 1. The van der Waals surface area contributed by atoms with E-state index in [-0.39, 0.29) is 22.3 Å². The Kier molecular flexibility index (Phi) is 8.14. The predicted octanol–water partition coefficient (Wildman–Crippen LogP) is 5.90. The molecule has 3 aromatic carbocycles. The van der Waals surface area contributed by atoms with Gasteiger partial charge in [-0.05, 0) is 73.5 Å². The van der Waals surface area contributed by atoms with Gasteiger partial charge in [0.05, 0.1) is 17.9 Å². The molecule has 10 heteroatoms. The van der Waals surface area contributed by atoms with E-state index < -0.39 is 17.8 Å². The molecule has 1 aliphatic heterocycles. The maximum atomic E-state index is 13.1. The van der Waals surface area contributed by atoms with E-state index in [1.807, 2.05) is 13.8 Å². The van der Waals surface area contributed by atoms with Crippen LogP contribution >= 0.6 is 23.2 Å². The van der Waals surface area contributed by atoms with Crippen LogP contribution in [-0.4, -0.2) is 30.3 Å². The Balaban J connectivity index is 1.50. The number of hydrogen-bond acceptors (Lipinski definition) is 6. The fraction of sp³-hybridized carbons (Fsp3) is 0.143. The molecule has 1 aliphatic rings. The first-order chi connectivity index (χ1) is 18.2. The summed E-state index contributed by atoms with van der Waals surface area (Å²) in [4.78, 5) is 51.7. The van der Waals surface area contributed by atoms with Crippen LogP contribution in [0.5, 0.6) is 0 Å². The van der Waals surface area contributed by atoms with Crippen molar-refractivity contribution in [2.45, 2.75) is 20.3 Å². The number of rotatable bonds is 8. The van der Waals surface area contributed by atoms with Crippen molar-refractivity contribution in [2.24, 2.45) is 0 Å². The number of carbonyl (C=O) groups is 4. The van der Waals surface area contributed by atoms with Gasteiger partial charge in [0.25, 0.3) is 17.7 Å². The van der Waals surface area contributed by atoms with Gasteiger partial charge in [0.15, 0.2) is 0 Å². The number of nitrogens with zero attached hydrogens (tertiary/aromatic N) is 1. The molecule has 194 valence electrons. The van der Waals surface area contributed by atoms with E-state index >= 15 is 0 Å². The molecular formula is C28H23Cl2N3O5. The fourth-order valence-corrected chi connectivity index (χ4v) is 4.06. The largest absolute Gasteiger partial charge is 0.462 e. The highest BCUT2D eigenvalue weighted by molar-refractivity contribution is 6.53. The summed E-state index contributed by atoms with van der Waals surface area (Å²) < 4.78 is 5.10. The highest BCUT2D eigenvalue weighted by atomic mass is 35.5. The van der Waals surface area contributed by atoms with Gasteiger partial charge in [-0.15, -0.1) is 0 Å². The summed E-state index contributed by atoms with van der Waals surface area (Å²) in [5, 5.41) is 5.87. The van der Waals surface area contributed by atoms with Gasteiger partial charge in [0, 0.05) is 22.0 Å². The number of benzene rings is 3. The summed E-state index contributed by atoms with van der Waals surface area (Å²) >= 11 is 12.3. The molecule has 0 atom stereocenters. The summed E-state index contributed by atoms with van der Waals surface area (Å²) in [6.07, 6.45) is 0.690. The number of carbonyl (C=O) groups excluding carboxylic acids is 4. The lowest BCUT2D eigenvalue weighted by molar-refractivity contribution is -0.120. The zero-order valence-electron chi connectivity index (χ0n) is 20.5. The van der Waals surface area contributed by atoms with E-state index in [1.54, 1.807) is 36.4 Å². The molecule has 1 heterocycles. The van der Waals surface area contributed by atoms with Crippen LogP contribution in [0.15, 0.2) is 77.5 Å². The third-order valence-electron chi connectivity index (χ3n) is 5.67. The second kappa shape index (κ2) is 11.5. The highest BCUT2D eigenvalue weighted by Crippen LogP contribution is 2.31. The minimum atomic E-state index is -0.717. The van der Waals surface area contributed by atoms with Gasteiger partial charge in [-0.3, -0.25) is 14.4 Å². The highest BCUT2D eigenvalue weighted by Gasteiger charge is 2.39. The molecule has 0 saturated carbocycles. The predicted molar refractivity (Wildman–Crippen MR) is 147 cm³/mol. The Hall–Kier alpha value is -4.14. The molecule has 3 amide bonds. The summed E-state index contributed by atoms with van der Waals surface area (Å²) in [6, 6.07) is 17.5. The molecule has 2 N–H and O–H groups in total. The smallest absolute Gasteiger partial charge is 0.338 e. The number of nitrogens with one attached hydrogen (secondary N) is 2. The Labute approximate surface area is 229 Å². The number of ether oxygens (including phenoxy) is 1. The van der Waals surface area contributed by atoms with E-state index in [2.05, 4.69) is 10.6 Å². The molecule has 38 heavy (non-hydrogen) atoms. The normalized spacial score (nSPS) is 13.1. The Morgan fingerprint density at radius 3 is 2.37 bits per heavy atom. The minimum absolute atomic E-state index is 0.133. The zero-order valence-corrected chi connectivity index (χ0v) is 22.0. The third kappa shape index (κ3) is 5.72. The number of anilines is 3. The van der Waals surface area contributed by atoms with Crippen molar-refractivity contribution >= 4 is 64.0 Å². The second-order valence-corrected chi connectivity index (χ2v) is 9.25. The molecule has 0 bridgehead atoms. The van der Waals surface area contributed by atoms with Crippen LogP contribution in [0.1, 0.15) is 39.6 Å². The number of aryl methyl sites for hydroxylation is 1. The minimum Gasteiger partial charge on any atom is -0.462 e. The standard InChI is InChI=1S/C28H23Cl2N3O5/c1-3-13-38-28(37)17-8-11-21(12-9-17)33-26(35)23(30)24(27(33)36)31-20-6-4-5-18(14-20)25(34)32-22-15-19(29)10-7-16(22)2/h4-12,14-15,31H,3,13H2,1-2H3,(H,32,34). The maximum Gasteiger partial charge on any atom is 0.338 e.